The highest BCUT2D eigenvalue weighted by Crippen LogP contribution is 2.30. The van der Waals surface area contributed by atoms with Crippen LogP contribution in [0.4, 0.5) is 4.39 Å². The molecule has 1 aliphatic heterocycles. The Hall–Kier alpha value is -1.42. The lowest BCUT2D eigenvalue weighted by atomic mass is 9.80. The highest BCUT2D eigenvalue weighted by molar-refractivity contribution is 5.94. The van der Waals surface area contributed by atoms with E-state index in [9.17, 15) is 9.18 Å². The SMILES string of the molecule is Cc1ccc(F)c(C(=O)N2CCC(C)(CN)CC2)c1. The number of halogens is 1. The predicted octanol–water partition coefficient (Wildman–Crippen LogP) is 2.34. The summed E-state index contributed by atoms with van der Waals surface area (Å²) in [5, 5.41) is 0. The van der Waals surface area contributed by atoms with Gasteiger partial charge in [0.1, 0.15) is 5.82 Å². The minimum absolute atomic E-state index is 0.113. The lowest BCUT2D eigenvalue weighted by Crippen LogP contribution is -2.45. The second kappa shape index (κ2) is 5.29. The minimum atomic E-state index is -0.442. The van der Waals surface area contributed by atoms with Crippen molar-refractivity contribution in [3.63, 3.8) is 0 Å². The maximum atomic E-state index is 13.7. The third kappa shape index (κ3) is 2.95. The van der Waals surface area contributed by atoms with E-state index in [1.165, 1.54) is 6.07 Å². The summed E-state index contributed by atoms with van der Waals surface area (Å²) in [5.74, 6) is -0.650. The summed E-state index contributed by atoms with van der Waals surface area (Å²) in [5.41, 5.74) is 6.94. The average Bonchev–Trinajstić information content (AvgIpc) is 2.42. The molecular formula is C15H21FN2O. The van der Waals surface area contributed by atoms with Gasteiger partial charge in [-0.2, -0.15) is 0 Å². The van der Waals surface area contributed by atoms with E-state index in [2.05, 4.69) is 6.92 Å². The summed E-state index contributed by atoms with van der Waals surface area (Å²) in [6, 6.07) is 4.65. The van der Waals surface area contributed by atoms with Crippen LogP contribution in [0.5, 0.6) is 0 Å². The quantitative estimate of drug-likeness (QED) is 0.891. The molecular weight excluding hydrogens is 243 g/mol. The van der Waals surface area contributed by atoms with Crippen LogP contribution in [-0.4, -0.2) is 30.4 Å². The molecule has 0 saturated carbocycles. The van der Waals surface area contributed by atoms with Crippen molar-refractivity contribution in [2.75, 3.05) is 19.6 Å². The van der Waals surface area contributed by atoms with E-state index in [0.29, 0.717) is 19.6 Å². The summed E-state index contributed by atoms with van der Waals surface area (Å²) in [6.07, 6.45) is 1.76. The van der Waals surface area contributed by atoms with Crippen molar-refractivity contribution in [2.24, 2.45) is 11.1 Å². The molecule has 1 heterocycles. The molecule has 2 rings (SSSR count). The van der Waals surface area contributed by atoms with Crippen LogP contribution < -0.4 is 5.73 Å². The fourth-order valence-electron chi connectivity index (χ4n) is 2.43. The molecule has 0 spiro atoms. The Morgan fingerprint density at radius 2 is 2.05 bits per heavy atom. The van der Waals surface area contributed by atoms with Crippen molar-refractivity contribution in [2.45, 2.75) is 26.7 Å². The summed E-state index contributed by atoms with van der Waals surface area (Å²) in [6.45, 7) is 5.94. The standard InChI is InChI=1S/C15H21FN2O/c1-11-3-4-13(16)12(9-11)14(19)18-7-5-15(2,10-17)6-8-18/h3-4,9H,5-8,10,17H2,1-2H3. The van der Waals surface area contributed by atoms with Gasteiger partial charge in [-0.25, -0.2) is 4.39 Å². The van der Waals surface area contributed by atoms with E-state index < -0.39 is 5.82 Å². The number of rotatable bonds is 2. The van der Waals surface area contributed by atoms with Gasteiger partial charge in [0.05, 0.1) is 5.56 Å². The van der Waals surface area contributed by atoms with Gasteiger partial charge in [0.15, 0.2) is 0 Å². The van der Waals surface area contributed by atoms with Crippen LogP contribution >= 0.6 is 0 Å². The molecule has 2 N–H and O–H groups in total. The zero-order valence-corrected chi connectivity index (χ0v) is 11.6. The lowest BCUT2D eigenvalue weighted by molar-refractivity contribution is 0.0613. The Morgan fingerprint density at radius 1 is 1.42 bits per heavy atom. The number of hydrogen-bond donors (Lipinski definition) is 1. The molecule has 0 unspecified atom stereocenters. The fraction of sp³-hybridized carbons (Fsp3) is 0.533. The number of nitrogens with two attached hydrogens (primary N) is 1. The van der Waals surface area contributed by atoms with Crippen LogP contribution in [0.1, 0.15) is 35.7 Å². The molecule has 104 valence electrons. The van der Waals surface area contributed by atoms with Crippen molar-refractivity contribution < 1.29 is 9.18 Å². The summed E-state index contributed by atoms with van der Waals surface area (Å²) >= 11 is 0. The van der Waals surface area contributed by atoms with Gasteiger partial charge in [0.25, 0.3) is 5.91 Å². The molecule has 1 aromatic carbocycles. The number of piperidine rings is 1. The first-order valence-corrected chi connectivity index (χ1v) is 6.71. The second-order valence-corrected chi connectivity index (χ2v) is 5.79. The van der Waals surface area contributed by atoms with Crippen LogP contribution in [0.15, 0.2) is 18.2 Å². The number of likely N-dealkylation sites (tertiary alicyclic amines) is 1. The normalized spacial score (nSPS) is 18.4. The average molecular weight is 264 g/mol. The Balaban J connectivity index is 2.11. The van der Waals surface area contributed by atoms with Crippen LogP contribution in [0.25, 0.3) is 0 Å². The monoisotopic (exact) mass is 264 g/mol. The molecule has 0 bridgehead atoms. The molecule has 19 heavy (non-hydrogen) atoms. The number of carbonyl (C=O) groups excluding carboxylic acids is 1. The molecule has 0 radical (unpaired) electrons. The van der Waals surface area contributed by atoms with Crippen molar-refractivity contribution in [3.8, 4) is 0 Å². The lowest BCUT2D eigenvalue weighted by Gasteiger charge is -2.38. The van der Waals surface area contributed by atoms with Crippen molar-refractivity contribution >= 4 is 5.91 Å². The Labute approximate surface area is 113 Å². The zero-order chi connectivity index (χ0) is 14.0. The molecule has 0 aromatic heterocycles. The summed E-state index contributed by atoms with van der Waals surface area (Å²) < 4.78 is 13.7. The number of nitrogens with zero attached hydrogens (tertiary/aromatic N) is 1. The highest BCUT2D eigenvalue weighted by Gasteiger charge is 2.31. The first-order valence-electron chi connectivity index (χ1n) is 6.71. The summed E-state index contributed by atoms with van der Waals surface area (Å²) in [4.78, 5) is 14.1. The molecule has 1 fully saturated rings. The Kier molecular flexibility index (Phi) is 3.90. The fourth-order valence-corrected chi connectivity index (χ4v) is 2.43. The van der Waals surface area contributed by atoms with E-state index >= 15 is 0 Å². The Morgan fingerprint density at radius 3 is 2.63 bits per heavy atom. The first-order chi connectivity index (χ1) is 8.95. The van der Waals surface area contributed by atoms with Crippen LogP contribution in [0.2, 0.25) is 0 Å². The third-order valence-electron chi connectivity index (χ3n) is 4.10. The highest BCUT2D eigenvalue weighted by atomic mass is 19.1. The molecule has 1 aromatic rings. The Bertz CT molecular complexity index is 479. The number of carbonyl (C=O) groups is 1. The van der Waals surface area contributed by atoms with Crippen LogP contribution in [0, 0.1) is 18.2 Å². The molecule has 1 saturated heterocycles. The van der Waals surface area contributed by atoms with Gasteiger partial charge < -0.3 is 10.6 Å². The predicted molar refractivity (Wildman–Crippen MR) is 73.4 cm³/mol. The van der Waals surface area contributed by atoms with Gasteiger partial charge >= 0.3 is 0 Å². The summed E-state index contributed by atoms with van der Waals surface area (Å²) in [7, 11) is 0. The van der Waals surface area contributed by atoms with E-state index in [-0.39, 0.29) is 16.9 Å². The van der Waals surface area contributed by atoms with Gasteiger partial charge in [0, 0.05) is 13.1 Å². The maximum Gasteiger partial charge on any atom is 0.256 e. The van der Waals surface area contributed by atoms with Gasteiger partial charge in [-0.05, 0) is 43.9 Å². The number of amides is 1. The minimum Gasteiger partial charge on any atom is -0.339 e. The van der Waals surface area contributed by atoms with E-state index in [1.54, 1.807) is 17.0 Å². The molecule has 1 amide bonds. The van der Waals surface area contributed by atoms with Gasteiger partial charge in [-0.1, -0.05) is 18.6 Å². The zero-order valence-electron chi connectivity index (χ0n) is 11.6. The number of aryl methyl sites for hydroxylation is 1. The van der Waals surface area contributed by atoms with Crippen molar-refractivity contribution in [1.82, 2.24) is 4.90 Å². The van der Waals surface area contributed by atoms with E-state index in [0.717, 1.165) is 18.4 Å². The van der Waals surface area contributed by atoms with E-state index in [1.807, 2.05) is 6.92 Å². The van der Waals surface area contributed by atoms with Gasteiger partial charge in [-0.15, -0.1) is 0 Å². The van der Waals surface area contributed by atoms with Gasteiger partial charge in [0.2, 0.25) is 0 Å². The molecule has 0 atom stereocenters. The maximum absolute atomic E-state index is 13.7. The van der Waals surface area contributed by atoms with Crippen LogP contribution in [0.3, 0.4) is 0 Å². The molecule has 0 aliphatic carbocycles. The smallest absolute Gasteiger partial charge is 0.256 e. The topological polar surface area (TPSA) is 46.3 Å². The van der Waals surface area contributed by atoms with Crippen molar-refractivity contribution in [1.29, 1.82) is 0 Å². The van der Waals surface area contributed by atoms with Crippen LogP contribution in [-0.2, 0) is 0 Å². The largest absolute Gasteiger partial charge is 0.339 e. The number of benzene rings is 1. The molecule has 3 nitrogen and oxygen atoms in total. The second-order valence-electron chi connectivity index (χ2n) is 5.79. The molecule has 1 aliphatic rings. The van der Waals surface area contributed by atoms with E-state index in [4.69, 9.17) is 5.73 Å². The van der Waals surface area contributed by atoms with Gasteiger partial charge in [-0.3, -0.25) is 4.79 Å². The first kappa shape index (κ1) is 14.0. The number of hydrogen-bond acceptors (Lipinski definition) is 2. The van der Waals surface area contributed by atoms with Crippen molar-refractivity contribution in [3.05, 3.63) is 35.1 Å². The third-order valence-corrected chi connectivity index (χ3v) is 4.10. The molecule has 4 heteroatoms.